The molecule has 0 bridgehead atoms. The number of hydrogen-bond acceptors (Lipinski definition) is 6. The van der Waals surface area contributed by atoms with E-state index in [2.05, 4.69) is 16.7 Å². The zero-order valence-electron chi connectivity index (χ0n) is 21.6. The zero-order chi connectivity index (χ0) is 26.7. The molecule has 0 saturated carbocycles. The minimum Gasteiger partial charge on any atom is -0.468 e. The molecule has 37 heavy (non-hydrogen) atoms. The highest BCUT2D eigenvalue weighted by Gasteiger charge is 2.36. The number of thioether (sulfide) groups is 1. The van der Waals surface area contributed by atoms with Crippen LogP contribution in [-0.4, -0.2) is 17.4 Å². The predicted octanol–water partition coefficient (Wildman–Crippen LogP) is 6.46. The van der Waals surface area contributed by atoms with E-state index in [1.165, 1.54) is 18.0 Å². The summed E-state index contributed by atoms with van der Waals surface area (Å²) in [4.78, 5) is 26.5. The SMILES string of the molecule is CC1=C(C(=O)Nc2c(C)cc(C)cc2C)C(c2ccco2)C(C#N)=C(SCC(=O)c2ccc(C)cc2)N1. The summed E-state index contributed by atoms with van der Waals surface area (Å²) in [5.74, 6) is -0.416. The summed E-state index contributed by atoms with van der Waals surface area (Å²) in [5, 5.41) is 17.0. The fourth-order valence-electron chi connectivity index (χ4n) is 4.59. The van der Waals surface area contributed by atoms with Crippen LogP contribution in [0.4, 0.5) is 5.69 Å². The molecule has 2 N–H and O–H groups in total. The van der Waals surface area contributed by atoms with E-state index < -0.39 is 5.92 Å². The summed E-state index contributed by atoms with van der Waals surface area (Å²) in [6.45, 7) is 9.71. The lowest BCUT2D eigenvalue weighted by atomic mass is 9.85. The van der Waals surface area contributed by atoms with E-state index in [1.807, 2.05) is 52.0 Å². The monoisotopic (exact) mass is 511 g/mol. The summed E-state index contributed by atoms with van der Waals surface area (Å²) < 4.78 is 5.70. The average molecular weight is 512 g/mol. The van der Waals surface area contributed by atoms with Gasteiger partial charge < -0.3 is 15.1 Å². The fraction of sp³-hybridized carbons (Fsp3) is 0.233. The van der Waals surface area contributed by atoms with Gasteiger partial charge in [-0.2, -0.15) is 5.26 Å². The van der Waals surface area contributed by atoms with E-state index in [1.54, 1.807) is 31.2 Å². The molecule has 188 valence electrons. The first kappa shape index (κ1) is 26.1. The third kappa shape index (κ3) is 5.55. The Balaban J connectivity index is 1.66. The number of anilines is 1. The highest BCUT2D eigenvalue weighted by atomic mass is 32.2. The Morgan fingerprint density at radius 1 is 1.03 bits per heavy atom. The quantitative estimate of drug-likeness (QED) is 0.353. The molecule has 0 fully saturated rings. The van der Waals surface area contributed by atoms with Crippen molar-refractivity contribution in [2.45, 2.75) is 40.5 Å². The van der Waals surface area contributed by atoms with Crippen LogP contribution < -0.4 is 10.6 Å². The topological polar surface area (TPSA) is 95.1 Å². The standard InChI is InChI=1S/C30H29N3O3S/c1-17-8-10-22(11-9-17)24(34)16-37-30-23(15-31)27(25-7-6-12-36-25)26(21(5)32-30)29(35)33-28-19(3)13-18(2)14-20(28)4/h6-14,27,32H,16H2,1-5H3,(H,33,35). The van der Waals surface area contributed by atoms with Crippen LogP contribution >= 0.6 is 11.8 Å². The molecular formula is C30H29N3O3S. The molecule has 2 heterocycles. The number of furan rings is 1. The van der Waals surface area contributed by atoms with Gasteiger partial charge in [0.1, 0.15) is 5.76 Å². The number of rotatable bonds is 7. The number of ketones is 1. The molecule has 1 atom stereocenters. The van der Waals surface area contributed by atoms with Crippen molar-refractivity contribution in [1.82, 2.24) is 5.32 Å². The number of carbonyl (C=O) groups is 2. The molecule has 1 aliphatic heterocycles. The van der Waals surface area contributed by atoms with Crippen molar-refractivity contribution in [2.24, 2.45) is 0 Å². The van der Waals surface area contributed by atoms with Crippen molar-refractivity contribution >= 4 is 29.1 Å². The lowest BCUT2D eigenvalue weighted by Crippen LogP contribution is -2.31. The van der Waals surface area contributed by atoms with Gasteiger partial charge in [0, 0.05) is 16.9 Å². The molecular weight excluding hydrogens is 482 g/mol. The molecule has 1 amide bonds. The molecule has 1 aromatic heterocycles. The molecule has 0 saturated heterocycles. The molecule has 0 radical (unpaired) electrons. The Labute approximate surface area is 221 Å². The van der Waals surface area contributed by atoms with Crippen molar-refractivity contribution in [2.75, 3.05) is 11.1 Å². The summed E-state index contributed by atoms with van der Waals surface area (Å²) in [5.41, 5.74) is 6.83. The first-order valence-corrected chi connectivity index (χ1v) is 13.0. The van der Waals surface area contributed by atoms with Crippen LogP contribution in [0.5, 0.6) is 0 Å². The van der Waals surface area contributed by atoms with Crippen LogP contribution in [0, 0.1) is 39.0 Å². The number of nitriles is 1. The van der Waals surface area contributed by atoms with Gasteiger partial charge in [0.15, 0.2) is 5.78 Å². The van der Waals surface area contributed by atoms with E-state index in [-0.39, 0.29) is 17.4 Å². The summed E-state index contributed by atoms with van der Waals surface area (Å²) in [6.07, 6.45) is 1.53. The van der Waals surface area contributed by atoms with E-state index in [0.717, 1.165) is 27.9 Å². The zero-order valence-corrected chi connectivity index (χ0v) is 22.4. The molecule has 2 aromatic carbocycles. The Morgan fingerprint density at radius 2 is 1.70 bits per heavy atom. The summed E-state index contributed by atoms with van der Waals surface area (Å²) >= 11 is 1.26. The number of amides is 1. The average Bonchev–Trinajstić information content (AvgIpc) is 3.39. The maximum atomic E-state index is 13.7. The van der Waals surface area contributed by atoms with Gasteiger partial charge in [-0.25, -0.2) is 0 Å². The molecule has 1 aliphatic rings. The lowest BCUT2D eigenvalue weighted by molar-refractivity contribution is -0.113. The van der Waals surface area contributed by atoms with Crippen molar-refractivity contribution in [3.8, 4) is 6.07 Å². The fourth-order valence-corrected chi connectivity index (χ4v) is 5.57. The predicted molar refractivity (Wildman–Crippen MR) is 147 cm³/mol. The molecule has 7 heteroatoms. The van der Waals surface area contributed by atoms with Crippen LogP contribution in [0.1, 0.15) is 51.2 Å². The Kier molecular flexibility index (Phi) is 7.70. The van der Waals surface area contributed by atoms with Crippen LogP contribution in [-0.2, 0) is 4.79 Å². The maximum Gasteiger partial charge on any atom is 0.254 e. The summed E-state index contributed by atoms with van der Waals surface area (Å²) in [7, 11) is 0. The van der Waals surface area contributed by atoms with Gasteiger partial charge in [-0.3, -0.25) is 9.59 Å². The summed E-state index contributed by atoms with van der Waals surface area (Å²) in [6, 6.07) is 17.2. The van der Waals surface area contributed by atoms with Gasteiger partial charge in [-0.05, 0) is 57.9 Å². The van der Waals surface area contributed by atoms with E-state index in [9.17, 15) is 14.9 Å². The molecule has 1 unspecified atom stereocenters. The first-order valence-electron chi connectivity index (χ1n) is 12.0. The number of aryl methyl sites for hydroxylation is 4. The highest BCUT2D eigenvalue weighted by Crippen LogP contribution is 2.41. The van der Waals surface area contributed by atoms with Gasteiger partial charge in [-0.1, -0.05) is 59.3 Å². The van der Waals surface area contributed by atoms with Crippen LogP contribution in [0.25, 0.3) is 0 Å². The van der Waals surface area contributed by atoms with Gasteiger partial charge in [-0.15, -0.1) is 0 Å². The van der Waals surface area contributed by atoms with Gasteiger partial charge >= 0.3 is 0 Å². The largest absolute Gasteiger partial charge is 0.468 e. The second kappa shape index (κ2) is 10.9. The van der Waals surface area contributed by atoms with Crippen LogP contribution in [0.15, 0.2) is 81.1 Å². The molecule has 0 spiro atoms. The maximum absolute atomic E-state index is 13.7. The number of hydrogen-bond donors (Lipinski definition) is 2. The highest BCUT2D eigenvalue weighted by molar-refractivity contribution is 8.03. The number of nitrogens with zero attached hydrogens (tertiary/aromatic N) is 1. The minimum absolute atomic E-state index is 0.0402. The molecule has 0 aliphatic carbocycles. The third-order valence-electron chi connectivity index (χ3n) is 6.36. The van der Waals surface area contributed by atoms with Crippen molar-refractivity contribution in [3.05, 3.63) is 110 Å². The lowest BCUT2D eigenvalue weighted by Gasteiger charge is -2.28. The van der Waals surface area contributed by atoms with E-state index >= 15 is 0 Å². The Bertz CT molecular complexity index is 1440. The van der Waals surface area contributed by atoms with Gasteiger partial charge in [0.2, 0.25) is 0 Å². The smallest absolute Gasteiger partial charge is 0.254 e. The van der Waals surface area contributed by atoms with Crippen molar-refractivity contribution < 1.29 is 14.0 Å². The van der Waals surface area contributed by atoms with Crippen LogP contribution in [0.3, 0.4) is 0 Å². The minimum atomic E-state index is -0.704. The normalized spacial score (nSPS) is 15.3. The Morgan fingerprint density at radius 3 is 2.30 bits per heavy atom. The first-order chi connectivity index (χ1) is 17.7. The molecule has 3 aromatic rings. The number of benzene rings is 2. The van der Waals surface area contributed by atoms with Gasteiger partial charge in [0.05, 0.1) is 40.2 Å². The molecule has 4 rings (SSSR count). The van der Waals surface area contributed by atoms with E-state index in [0.29, 0.717) is 33.2 Å². The molecule has 6 nitrogen and oxygen atoms in total. The number of nitrogens with one attached hydrogen (secondary N) is 2. The number of dihydropyridines is 1. The third-order valence-corrected chi connectivity index (χ3v) is 7.37. The Hall–Kier alpha value is -4.02. The van der Waals surface area contributed by atoms with E-state index in [4.69, 9.17) is 4.42 Å². The van der Waals surface area contributed by atoms with Crippen molar-refractivity contribution in [3.63, 3.8) is 0 Å². The number of carbonyl (C=O) groups excluding carboxylic acids is 2. The number of allylic oxidation sites excluding steroid dienone is 2. The number of Topliss-reactive ketones (excluding diaryl/α,β-unsaturated/α-hetero) is 1. The second-order valence-corrected chi connectivity index (χ2v) is 10.3. The van der Waals surface area contributed by atoms with Gasteiger partial charge in [0.25, 0.3) is 5.91 Å². The van der Waals surface area contributed by atoms with Crippen LogP contribution in [0.2, 0.25) is 0 Å². The second-order valence-electron chi connectivity index (χ2n) is 9.27. The van der Waals surface area contributed by atoms with Crippen molar-refractivity contribution in [1.29, 1.82) is 5.26 Å².